The molecule has 1 aliphatic heterocycles. The summed E-state index contributed by atoms with van der Waals surface area (Å²) in [5.41, 5.74) is 3.64. The first-order valence-electron chi connectivity index (χ1n) is 6.15. The lowest BCUT2D eigenvalue weighted by Crippen LogP contribution is -2.35. The van der Waals surface area contributed by atoms with Gasteiger partial charge in [-0.1, -0.05) is 0 Å². The van der Waals surface area contributed by atoms with Crippen molar-refractivity contribution < 1.29 is 4.21 Å². The quantitative estimate of drug-likeness (QED) is 0.878. The van der Waals surface area contributed by atoms with Crippen molar-refractivity contribution in [1.82, 2.24) is 15.1 Å². The molecule has 0 radical (unpaired) electrons. The fourth-order valence-corrected chi connectivity index (χ4v) is 3.62. The largest absolute Gasteiger partial charge is 0.310 e. The molecule has 0 amide bonds. The molecule has 4 nitrogen and oxygen atoms in total. The van der Waals surface area contributed by atoms with E-state index < -0.39 is 10.8 Å². The van der Waals surface area contributed by atoms with Crippen LogP contribution in [0.15, 0.2) is 0 Å². The molecular weight excluding hydrogens is 234 g/mol. The third-order valence-electron chi connectivity index (χ3n) is 3.61. The molecule has 1 fully saturated rings. The van der Waals surface area contributed by atoms with Crippen LogP contribution in [0.2, 0.25) is 0 Å². The van der Waals surface area contributed by atoms with Gasteiger partial charge in [-0.25, -0.2) is 0 Å². The molecule has 0 aromatic carbocycles. The van der Waals surface area contributed by atoms with Gasteiger partial charge >= 0.3 is 0 Å². The first-order valence-corrected chi connectivity index (χ1v) is 7.64. The Kier molecular flexibility index (Phi) is 3.99. The van der Waals surface area contributed by atoms with Crippen LogP contribution in [0, 0.1) is 13.8 Å². The van der Waals surface area contributed by atoms with E-state index in [0.717, 1.165) is 36.6 Å². The molecule has 2 heterocycles. The Balaban J connectivity index is 1.91. The normalized spacial score (nSPS) is 25.1. The lowest BCUT2D eigenvalue weighted by Gasteiger charge is -2.22. The molecule has 1 aromatic rings. The average Bonchev–Trinajstić information content (AvgIpc) is 2.54. The number of rotatable bonds is 3. The third kappa shape index (κ3) is 2.96. The Morgan fingerprint density at radius 1 is 1.41 bits per heavy atom. The van der Waals surface area contributed by atoms with E-state index in [1.54, 1.807) is 0 Å². The minimum Gasteiger partial charge on any atom is -0.310 e. The predicted molar refractivity (Wildman–Crippen MR) is 70.4 cm³/mol. The fraction of sp³-hybridized carbons (Fsp3) is 0.750. The number of hydrogen-bond donors (Lipinski definition) is 1. The lowest BCUT2D eigenvalue weighted by atomic mass is 10.1. The highest BCUT2D eigenvalue weighted by atomic mass is 32.2. The summed E-state index contributed by atoms with van der Waals surface area (Å²) < 4.78 is 13.2. The van der Waals surface area contributed by atoms with E-state index in [0.29, 0.717) is 6.04 Å². The fourth-order valence-electron chi connectivity index (χ4n) is 2.32. The van der Waals surface area contributed by atoms with Gasteiger partial charge in [-0.05, 0) is 26.7 Å². The van der Waals surface area contributed by atoms with Gasteiger partial charge in [-0.15, -0.1) is 0 Å². The summed E-state index contributed by atoms with van der Waals surface area (Å²) in [6, 6.07) is 0.520. The Hall–Kier alpha value is -0.680. The van der Waals surface area contributed by atoms with E-state index in [4.69, 9.17) is 0 Å². The van der Waals surface area contributed by atoms with Gasteiger partial charge in [-0.2, -0.15) is 5.10 Å². The molecule has 0 saturated carbocycles. The van der Waals surface area contributed by atoms with Crippen molar-refractivity contribution in [1.29, 1.82) is 0 Å². The van der Waals surface area contributed by atoms with E-state index in [2.05, 4.69) is 24.3 Å². The minimum absolute atomic E-state index is 0.520. The lowest BCUT2D eigenvalue weighted by molar-refractivity contribution is 0.474. The van der Waals surface area contributed by atoms with Crippen molar-refractivity contribution in [3.63, 3.8) is 0 Å². The molecule has 0 atom stereocenters. The maximum absolute atomic E-state index is 11.3. The van der Waals surface area contributed by atoms with Crippen LogP contribution in [-0.4, -0.2) is 31.5 Å². The van der Waals surface area contributed by atoms with Gasteiger partial charge in [0.2, 0.25) is 0 Å². The molecule has 0 aliphatic carbocycles. The molecule has 1 saturated heterocycles. The molecule has 2 rings (SSSR count). The first kappa shape index (κ1) is 12.8. The van der Waals surface area contributed by atoms with Crippen LogP contribution in [0.3, 0.4) is 0 Å². The molecular formula is C12H21N3OS. The Morgan fingerprint density at radius 2 is 2.06 bits per heavy atom. The topological polar surface area (TPSA) is 46.9 Å². The molecule has 17 heavy (non-hydrogen) atoms. The standard InChI is InChI=1S/C12H21N3OS/c1-9-12(10(2)15(3)14-9)8-13-11-4-6-17(16)7-5-11/h11,13H,4-8H2,1-3H3. The molecule has 0 unspecified atom stereocenters. The van der Waals surface area contributed by atoms with Crippen LogP contribution in [-0.2, 0) is 24.4 Å². The van der Waals surface area contributed by atoms with Gasteiger partial charge in [0.05, 0.1) is 5.69 Å². The van der Waals surface area contributed by atoms with Crippen molar-refractivity contribution in [2.75, 3.05) is 11.5 Å². The zero-order valence-electron chi connectivity index (χ0n) is 10.8. The summed E-state index contributed by atoms with van der Waals surface area (Å²) >= 11 is 0. The van der Waals surface area contributed by atoms with Crippen molar-refractivity contribution in [3.05, 3.63) is 17.0 Å². The van der Waals surface area contributed by atoms with Crippen molar-refractivity contribution in [2.45, 2.75) is 39.3 Å². The monoisotopic (exact) mass is 255 g/mol. The Morgan fingerprint density at radius 3 is 2.59 bits per heavy atom. The highest BCUT2D eigenvalue weighted by Gasteiger charge is 2.18. The summed E-state index contributed by atoms with van der Waals surface area (Å²) in [5.74, 6) is 1.70. The highest BCUT2D eigenvalue weighted by Crippen LogP contribution is 2.14. The molecule has 1 N–H and O–H groups in total. The third-order valence-corrected chi connectivity index (χ3v) is 5.00. The number of aromatic nitrogens is 2. The van der Waals surface area contributed by atoms with E-state index in [-0.39, 0.29) is 0 Å². The van der Waals surface area contributed by atoms with Crippen molar-refractivity contribution >= 4 is 10.8 Å². The summed E-state index contributed by atoms with van der Waals surface area (Å²) in [5, 5.41) is 7.98. The summed E-state index contributed by atoms with van der Waals surface area (Å²) in [7, 11) is 1.41. The summed E-state index contributed by atoms with van der Waals surface area (Å²) in [6.07, 6.45) is 2.07. The van der Waals surface area contributed by atoms with Crippen molar-refractivity contribution in [3.8, 4) is 0 Å². The van der Waals surface area contributed by atoms with Gasteiger partial charge in [0.1, 0.15) is 0 Å². The van der Waals surface area contributed by atoms with Gasteiger partial charge in [-0.3, -0.25) is 8.89 Å². The first-order chi connectivity index (χ1) is 8.08. The molecule has 5 heteroatoms. The smallest absolute Gasteiger partial charge is 0.0641 e. The van der Waals surface area contributed by atoms with E-state index >= 15 is 0 Å². The average molecular weight is 255 g/mol. The SMILES string of the molecule is Cc1nn(C)c(C)c1CNC1CCS(=O)CC1. The number of nitrogens with zero attached hydrogens (tertiary/aromatic N) is 2. The molecule has 1 aliphatic rings. The maximum atomic E-state index is 11.3. The zero-order valence-corrected chi connectivity index (χ0v) is 11.6. The molecule has 0 bridgehead atoms. The zero-order chi connectivity index (χ0) is 12.4. The minimum atomic E-state index is -0.570. The van der Waals surface area contributed by atoms with E-state index in [9.17, 15) is 4.21 Å². The number of hydrogen-bond acceptors (Lipinski definition) is 3. The highest BCUT2D eigenvalue weighted by molar-refractivity contribution is 7.85. The van der Waals surface area contributed by atoms with Crippen molar-refractivity contribution in [2.24, 2.45) is 7.05 Å². The Labute approximate surface area is 105 Å². The van der Waals surface area contributed by atoms with Gasteiger partial charge in [0, 0.05) is 53.2 Å². The van der Waals surface area contributed by atoms with Crippen LogP contribution < -0.4 is 5.32 Å². The van der Waals surface area contributed by atoms with Crippen LogP contribution >= 0.6 is 0 Å². The second-order valence-electron chi connectivity index (χ2n) is 4.78. The summed E-state index contributed by atoms with van der Waals surface area (Å²) in [6.45, 7) is 5.04. The van der Waals surface area contributed by atoms with Gasteiger partial charge in [0.25, 0.3) is 0 Å². The van der Waals surface area contributed by atoms with Gasteiger partial charge < -0.3 is 5.32 Å². The van der Waals surface area contributed by atoms with Crippen LogP contribution in [0.25, 0.3) is 0 Å². The van der Waals surface area contributed by atoms with Crippen LogP contribution in [0.5, 0.6) is 0 Å². The second-order valence-corrected chi connectivity index (χ2v) is 6.47. The Bertz CT molecular complexity index is 418. The number of aryl methyl sites for hydroxylation is 2. The predicted octanol–water partition coefficient (Wildman–Crippen LogP) is 1.04. The maximum Gasteiger partial charge on any atom is 0.0641 e. The summed E-state index contributed by atoms with van der Waals surface area (Å²) in [4.78, 5) is 0. The molecule has 1 aromatic heterocycles. The van der Waals surface area contributed by atoms with Gasteiger partial charge in [0.15, 0.2) is 0 Å². The molecule has 96 valence electrons. The van der Waals surface area contributed by atoms with Crippen LogP contribution in [0.1, 0.15) is 29.8 Å². The second kappa shape index (κ2) is 5.31. The van der Waals surface area contributed by atoms with E-state index in [1.807, 2.05) is 11.7 Å². The number of nitrogens with one attached hydrogen (secondary N) is 1. The van der Waals surface area contributed by atoms with E-state index in [1.165, 1.54) is 11.3 Å². The van der Waals surface area contributed by atoms with Crippen LogP contribution in [0.4, 0.5) is 0 Å². The molecule has 0 spiro atoms.